The minimum absolute atomic E-state index is 0.00795. The number of nitrogens with one attached hydrogen (secondary N) is 2. The number of hydrogen-bond donors (Lipinski definition) is 2. The third kappa shape index (κ3) is 3.79. The maximum atomic E-state index is 13.6. The van der Waals surface area contributed by atoms with Gasteiger partial charge in [0.25, 0.3) is 5.91 Å². The van der Waals surface area contributed by atoms with Gasteiger partial charge < -0.3 is 10.6 Å². The molecule has 0 aromatic heterocycles. The van der Waals surface area contributed by atoms with Gasteiger partial charge in [-0.05, 0) is 36.6 Å². The highest BCUT2D eigenvalue weighted by Crippen LogP contribution is 2.38. The first-order valence-electron chi connectivity index (χ1n) is 7.97. The van der Waals surface area contributed by atoms with Crippen LogP contribution < -0.4 is 10.6 Å². The Morgan fingerprint density at radius 1 is 1.17 bits per heavy atom. The first-order valence-corrected chi connectivity index (χ1v) is 7.97. The second kappa shape index (κ2) is 6.83. The first kappa shape index (κ1) is 16.2. The summed E-state index contributed by atoms with van der Waals surface area (Å²) in [5, 5.41) is 5.52. The van der Waals surface area contributed by atoms with Gasteiger partial charge in [-0.3, -0.25) is 9.59 Å². The van der Waals surface area contributed by atoms with E-state index < -0.39 is 0 Å². The van der Waals surface area contributed by atoms with Gasteiger partial charge in [-0.25, -0.2) is 4.39 Å². The zero-order valence-corrected chi connectivity index (χ0v) is 13.4. The van der Waals surface area contributed by atoms with Crippen molar-refractivity contribution in [2.45, 2.75) is 19.9 Å². The molecule has 2 N–H and O–H groups in total. The Hall–Kier alpha value is -2.69. The molecule has 1 aliphatic carbocycles. The SMILES string of the molecule is CC1CC1C(=O)Nc1cccc(C(=O)NCc2ccccc2F)c1. The quantitative estimate of drug-likeness (QED) is 0.885. The van der Waals surface area contributed by atoms with Crippen LogP contribution in [0.3, 0.4) is 0 Å². The zero-order chi connectivity index (χ0) is 17.1. The second-order valence-electron chi connectivity index (χ2n) is 6.16. The molecule has 2 aromatic carbocycles. The number of anilines is 1. The summed E-state index contributed by atoms with van der Waals surface area (Å²) < 4.78 is 13.6. The number of carbonyl (C=O) groups excluding carboxylic acids is 2. The standard InChI is InChI=1S/C19H19FN2O2/c1-12-9-16(12)19(24)22-15-7-4-6-13(10-15)18(23)21-11-14-5-2-3-8-17(14)20/h2-8,10,12,16H,9,11H2,1H3,(H,21,23)(H,22,24). The lowest BCUT2D eigenvalue weighted by Gasteiger charge is -2.09. The van der Waals surface area contributed by atoms with Gasteiger partial charge in [-0.2, -0.15) is 0 Å². The molecule has 0 spiro atoms. The van der Waals surface area contributed by atoms with Crippen LogP contribution in [0, 0.1) is 17.7 Å². The molecule has 0 aliphatic heterocycles. The van der Waals surface area contributed by atoms with Crippen LogP contribution in [0.2, 0.25) is 0 Å². The lowest BCUT2D eigenvalue weighted by atomic mass is 10.1. The summed E-state index contributed by atoms with van der Waals surface area (Å²) in [6.07, 6.45) is 0.911. The maximum Gasteiger partial charge on any atom is 0.251 e. The van der Waals surface area contributed by atoms with E-state index in [9.17, 15) is 14.0 Å². The highest BCUT2D eigenvalue weighted by Gasteiger charge is 2.39. The molecular weight excluding hydrogens is 307 g/mol. The molecular formula is C19H19FN2O2. The van der Waals surface area contributed by atoms with E-state index in [4.69, 9.17) is 0 Å². The van der Waals surface area contributed by atoms with E-state index in [-0.39, 0.29) is 30.1 Å². The molecule has 1 fully saturated rings. The number of hydrogen-bond acceptors (Lipinski definition) is 2. The van der Waals surface area contributed by atoms with Gasteiger partial charge >= 0.3 is 0 Å². The Morgan fingerprint density at radius 3 is 2.62 bits per heavy atom. The predicted molar refractivity (Wildman–Crippen MR) is 89.9 cm³/mol. The maximum absolute atomic E-state index is 13.6. The summed E-state index contributed by atoms with van der Waals surface area (Å²) in [6, 6.07) is 13.1. The number of halogens is 1. The second-order valence-corrected chi connectivity index (χ2v) is 6.16. The van der Waals surface area contributed by atoms with Gasteiger partial charge in [0.2, 0.25) is 5.91 Å². The van der Waals surface area contributed by atoms with Crippen molar-refractivity contribution < 1.29 is 14.0 Å². The van der Waals surface area contributed by atoms with Gasteiger partial charge in [0.1, 0.15) is 5.82 Å². The topological polar surface area (TPSA) is 58.2 Å². The van der Waals surface area contributed by atoms with Crippen LogP contribution in [-0.2, 0) is 11.3 Å². The van der Waals surface area contributed by atoms with E-state index in [1.807, 2.05) is 6.92 Å². The van der Waals surface area contributed by atoms with Crippen molar-refractivity contribution in [3.8, 4) is 0 Å². The molecule has 3 rings (SSSR count). The van der Waals surface area contributed by atoms with Gasteiger partial charge in [0.05, 0.1) is 0 Å². The van der Waals surface area contributed by atoms with Crippen molar-refractivity contribution in [2.75, 3.05) is 5.32 Å². The van der Waals surface area contributed by atoms with Crippen molar-refractivity contribution in [1.82, 2.24) is 5.32 Å². The highest BCUT2D eigenvalue weighted by atomic mass is 19.1. The van der Waals surface area contributed by atoms with Gasteiger partial charge in [-0.15, -0.1) is 0 Å². The van der Waals surface area contributed by atoms with E-state index in [1.54, 1.807) is 42.5 Å². The van der Waals surface area contributed by atoms with E-state index in [0.29, 0.717) is 22.7 Å². The summed E-state index contributed by atoms with van der Waals surface area (Å²) in [6.45, 7) is 2.15. The fraction of sp³-hybridized carbons (Fsp3) is 0.263. The Balaban J connectivity index is 1.61. The molecule has 0 bridgehead atoms. The fourth-order valence-corrected chi connectivity index (χ4v) is 2.58. The van der Waals surface area contributed by atoms with Crippen LogP contribution in [0.1, 0.15) is 29.3 Å². The Bertz CT molecular complexity index is 775. The van der Waals surface area contributed by atoms with Crippen molar-refractivity contribution in [3.63, 3.8) is 0 Å². The molecule has 2 unspecified atom stereocenters. The summed E-state index contributed by atoms with van der Waals surface area (Å²) >= 11 is 0. The Kier molecular flexibility index (Phi) is 4.60. The average Bonchev–Trinajstić information content (AvgIpc) is 3.31. The molecule has 0 saturated heterocycles. The molecule has 124 valence electrons. The van der Waals surface area contributed by atoms with Crippen LogP contribution in [-0.4, -0.2) is 11.8 Å². The van der Waals surface area contributed by atoms with Crippen molar-refractivity contribution in [3.05, 3.63) is 65.5 Å². The monoisotopic (exact) mass is 326 g/mol. The Morgan fingerprint density at radius 2 is 1.92 bits per heavy atom. The molecule has 2 atom stereocenters. The minimum Gasteiger partial charge on any atom is -0.348 e. The third-order valence-corrected chi connectivity index (χ3v) is 4.24. The normalized spacial score (nSPS) is 18.8. The highest BCUT2D eigenvalue weighted by molar-refractivity contribution is 5.98. The third-order valence-electron chi connectivity index (χ3n) is 4.24. The van der Waals surface area contributed by atoms with Gasteiger partial charge in [0.15, 0.2) is 0 Å². The molecule has 1 aliphatic rings. The molecule has 5 heteroatoms. The zero-order valence-electron chi connectivity index (χ0n) is 13.4. The summed E-state index contributed by atoms with van der Waals surface area (Å²) in [5.41, 5.74) is 1.45. The van der Waals surface area contributed by atoms with Crippen molar-refractivity contribution in [2.24, 2.45) is 11.8 Å². The van der Waals surface area contributed by atoms with E-state index in [1.165, 1.54) is 6.07 Å². The van der Waals surface area contributed by atoms with Crippen molar-refractivity contribution >= 4 is 17.5 Å². The summed E-state index contributed by atoms with van der Waals surface area (Å²) in [7, 11) is 0. The van der Waals surface area contributed by atoms with Crippen LogP contribution >= 0.6 is 0 Å². The number of rotatable bonds is 5. The molecule has 2 aromatic rings. The number of benzene rings is 2. The van der Waals surface area contributed by atoms with Crippen LogP contribution in [0.25, 0.3) is 0 Å². The molecule has 0 radical (unpaired) electrons. The average molecular weight is 326 g/mol. The fourth-order valence-electron chi connectivity index (χ4n) is 2.58. The smallest absolute Gasteiger partial charge is 0.251 e. The minimum atomic E-state index is -0.350. The number of amides is 2. The van der Waals surface area contributed by atoms with Crippen LogP contribution in [0.5, 0.6) is 0 Å². The molecule has 24 heavy (non-hydrogen) atoms. The lowest BCUT2D eigenvalue weighted by molar-refractivity contribution is -0.117. The molecule has 1 saturated carbocycles. The molecule has 0 heterocycles. The predicted octanol–water partition coefficient (Wildman–Crippen LogP) is 3.35. The van der Waals surface area contributed by atoms with Gasteiger partial charge in [0, 0.05) is 29.3 Å². The van der Waals surface area contributed by atoms with Crippen molar-refractivity contribution in [1.29, 1.82) is 0 Å². The number of carbonyl (C=O) groups is 2. The molecule has 4 nitrogen and oxygen atoms in total. The van der Waals surface area contributed by atoms with E-state index in [2.05, 4.69) is 10.6 Å². The largest absolute Gasteiger partial charge is 0.348 e. The van der Waals surface area contributed by atoms with E-state index in [0.717, 1.165) is 6.42 Å². The first-order chi connectivity index (χ1) is 11.5. The summed E-state index contributed by atoms with van der Waals surface area (Å²) in [5.74, 6) is -0.168. The van der Waals surface area contributed by atoms with Crippen LogP contribution in [0.15, 0.2) is 48.5 Å². The van der Waals surface area contributed by atoms with Gasteiger partial charge in [-0.1, -0.05) is 31.2 Å². The molecule has 2 amide bonds. The van der Waals surface area contributed by atoms with Crippen LogP contribution in [0.4, 0.5) is 10.1 Å². The van der Waals surface area contributed by atoms with E-state index >= 15 is 0 Å². The lowest BCUT2D eigenvalue weighted by Crippen LogP contribution is -2.23. The Labute approximate surface area is 140 Å². The summed E-state index contributed by atoms with van der Waals surface area (Å²) in [4.78, 5) is 24.2.